The number of halogens is 1. The van der Waals surface area contributed by atoms with Gasteiger partial charge in [-0.25, -0.2) is 0 Å². The van der Waals surface area contributed by atoms with Gasteiger partial charge < -0.3 is 10.1 Å². The highest BCUT2D eigenvalue weighted by atomic mass is 79.9. The first-order chi connectivity index (χ1) is 9.76. The Hall–Kier alpha value is -0.0300. The minimum Gasteiger partial charge on any atom is -0.383 e. The fourth-order valence-electron chi connectivity index (χ4n) is 2.23. The van der Waals surface area contributed by atoms with Gasteiger partial charge in [-0.15, -0.1) is 0 Å². The fourth-order valence-corrected chi connectivity index (χ4v) is 2.95. The molecule has 0 saturated carbocycles. The van der Waals surface area contributed by atoms with Crippen LogP contribution in [0.4, 0.5) is 0 Å². The molecule has 0 aliphatic heterocycles. The van der Waals surface area contributed by atoms with Crippen LogP contribution in [0.5, 0.6) is 0 Å². The van der Waals surface area contributed by atoms with E-state index in [9.17, 15) is 0 Å². The molecule has 0 fully saturated rings. The zero-order valence-electron chi connectivity index (χ0n) is 12.5. The van der Waals surface area contributed by atoms with Gasteiger partial charge in [0.25, 0.3) is 0 Å². The molecular formula is C16H26BrNOS. The van der Waals surface area contributed by atoms with Gasteiger partial charge in [0.2, 0.25) is 0 Å². The molecule has 0 amide bonds. The molecule has 0 aromatic heterocycles. The van der Waals surface area contributed by atoms with Crippen molar-refractivity contribution in [2.24, 2.45) is 5.92 Å². The third-order valence-electron chi connectivity index (χ3n) is 3.31. The van der Waals surface area contributed by atoms with E-state index in [2.05, 4.69) is 51.8 Å². The van der Waals surface area contributed by atoms with E-state index < -0.39 is 0 Å². The molecule has 0 aliphatic carbocycles. The van der Waals surface area contributed by atoms with Crippen molar-refractivity contribution in [3.8, 4) is 0 Å². The minimum absolute atomic E-state index is 0.709. The van der Waals surface area contributed by atoms with Crippen molar-refractivity contribution < 1.29 is 4.74 Å². The lowest BCUT2D eigenvalue weighted by atomic mass is 9.95. The van der Waals surface area contributed by atoms with Crippen LogP contribution in [0.25, 0.3) is 0 Å². The quantitative estimate of drug-likeness (QED) is 0.603. The van der Waals surface area contributed by atoms with Crippen LogP contribution in [0.15, 0.2) is 28.7 Å². The maximum Gasteiger partial charge on any atom is 0.0587 e. The van der Waals surface area contributed by atoms with Crippen molar-refractivity contribution in [3.63, 3.8) is 0 Å². The summed E-state index contributed by atoms with van der Waals surface area (Å²) in [5.74, 6) is 1.97. The molecule has 0 saturated heterocycles. The first-order valence-electron chi connectivity index (χ1n) is 7.19. The molecule has 0 spiro atoms. The van der Waals surface area contributed by atoms with E-state index in [4.69, 9.17) is 4.74 Å². The molecule has 0 bridgehead atoms. The Morgan fingerprint density at radius 2 is 2.05 bits per heavy atom. The van der Waals surface area contributed by atoms with Gasteiger partial charge in [-0.3, -0.25) is 0 Å². The summed E-state index contributed by atoms with van der Waals surface area (Å²) in [6.07, 6.45) is 5.92. The van der Waals surface area contributed by atoms with Gasteiger partial charge in [-0.1, -0.05) is 28.1 Å². The maximum absolute atomic E-state index is 5.08. The molecule has 1 aromatic rings. The summed E-state index contributed by atoms with van der Waals surface area (Å²) in [6.45, 7) is 2.81. The summed E-state index contributed by atoms with van der Waals surface area (Å²) in [7, 11) is 1.75. The van der Waals surface area contributed by atoms with E-state index in [1.807, 2.05) is 11.8 Å². The molecule has 1 N–H and O–H groups in total. The number of benzene rings is 1. The van der Waals surface area contributed by atoms with Gasteiger partial charge in [0.05, 0.1) is 6.61 Å². The molecule has 2 nitrogen and oxygen atoms in total. The van der Waals surface area contributed by atoms with E-state index in [-0.39, 0.29) is 0 Å². The van der Waals surface area contributed by atoms with Crippen molar-refractivity contribution in [1.82, 2.24) is 5.32 Å². The van der Waals surface area contributed by atoms with Gasteiger partial charge in [-0.2, -0.15) is 11.8 Å². The predicted molar refractivity (Wildman–Crippen MR) is 93.7 cm³/mol. The van der Waals surface area contributed by atoms with Gasteiger partial charge in [0.1, 0.15) is 0 Å². The molecule has 1 unspecified atom stereocenters. The molecular weight excluding hydrogens is 334 g/mol. The van der Waals surface area contributed by atoms with E-state index in [0.717, 1.165) is 30.6 Å². The van der Waals surface area contributed by atoms with Crippen LogP contribution < -0.4 is 5.32 Å². The van der Waals surface area contributed by atoms with Gasteiger partial charge >= 0.3 is 0 Å². The van der Waals surface area contributed by atoms with E-state index in [1.54, 1.807) is 7.11 Å². The Morgan fingerprint density at radius 1 is 1.30 bits per heavy atom. The second-order valence-corrected chi connectivity index (χ2v) is 6.93. The van der Waals surface area contributed by atoms with Gasteiger partial charge in [0, 0.05) is 18.1 Å². The lowest BCUT2D eigenvalue weighted by Crippen LogP contribution is -2.27. The number of ether oxygens (including phenoxy) is 1. The molecule has 20 heavy (non-hydrogen) atoms. The number of hydrogen-bond acceptors (Lipinski definition) is 3. The zero-order valence-corrected chi connectivity index (χ0v) is 14.9. The average molecular weight is 360 g/mol. The summed E-state index contributed by atoms with van der Waals surface area (Å²) < 4.78 is 6.23. The average Bonchev–Trinajstić information content (AvgIpc) is 2.46. The van der Waals surface area contributed by atoms with Crippen LogP contribution in [0.2, 0.25) is 0 Å². The lowest BCUT2D eigenvalue weighted by molar-refractivity contribution is 0.197. The second kappa shape index (κ2) is 11.6. The van der Waals surface area contributed by atoms with Crippen molar-refractivity contribution in [2.45, 2.75) is 19.3 Å². The number of hydrogen-bond donors (Lipinski definition) is 1. The second-order valence-electron chi connectivity index (χ2n) is 5.03. The number of nitrogens with one attached hydrogen (secondary N) is 1. The predicted octanol–water partition coefficient (Wildman–Crippen LogP) is 3.99. The van der Waals surface area contributed by atoms with Crippen LogP contribution in [0, 0.1) is 5.92 Å². The Bertz CT molecular complexity index is 345. The summed E-state index contributed by atoms with van der Waals surface area (Å²) in [6, 6.07) is 8.71. The van der Waals surface area contributed by atoms with Crippen molar-refractivity contribution in [3.05, 3.63) is 34.3 Å². The normalized spacial score (nSPS) is 12.6. The molecule has 0 radical (unpaired) electrons. The molecule has 0 aliphatic rings. The topological polar surface area (TPSA) is 21.3 Å². The monoisotopic (exact) mass is 359 g/mol. The van der Waals surface area contributed by atoms with Crippen molar-refractivity contribution >= 4 is 27.7 Å². The molecule has 1 atom stereocenters. The Balaban J connectivity index is 2.41. The number of rotatable bonds is 11. The highest BCUT2D eigenvalue weighted by Gasteiger charge is 2.09. The van der Waals surface area contributed by atoms with E-state index in [0.29, 0.717) is 5.92 Å². The van der Waals surface area contributed by atoms with E-state index >= 15 is 0 Å². The van der Waals surface area contributed by atoms with Crippen LogP contribution in [-0.2, 0) is 11.2 Å². The molecule has 114 valence electrons. The highest BCUT2D eigenvalue weighted by molar-refractivity contribution is 9.10. The first-order valence-corrected chi connectivity index (χ1v) is 9.38. The van der Waals surface area contributed by atoms with Crippen molar-refractivity contribution in [2.75, 3.05) is 38.8 Å². The molecule has 4 heteroatoms. The number of thioether (sulfide) groups is 1. The Kier molecular flexibility index (Phi) is 10.5. The summed E-state index contributed by atoms with van der Waals surface area (Å²) in [4.78, 5) is 0. The largest absolute Gasteiger partial charge is 0.383 e. The third-order valence-corrected chi connectivity index (χ3v) is 4.54. The summed E-state index contributed by atoms with van der Waals surface area (Å²) in [5, 5.41) is 3.50. The van der Waals surface area contributed by atoms with Crippen LogP contribution in [0.3, 0.4) is 0 Å². The van der Waals surface area contributed by atoms with Gasteiger partial charge in [0.15, 0.2) is 0 Å². The third kappa shape index (κ3) is 8.30. The van der Waals surface area contributed by atoms with Crippen LogP contribution in [0.1, 0.15) is 18.4 Å². The van der Waals surface area contributed by atoms with E-state index in [1.165, 1.54) is 24.2 Å². The Labute approximate surface area is 136 Å². The standard InChI is InChI=1S/C16H26BrNOS/c1-19-10-9-18-13-15(4-3-11-20-2)12-14-5-7-16(17)8-6-14/h5-8,15,18H,3-4,9-13H2,1-2H3. The fraction of sp³-hybridized carbons (Fsp3) is 0.625. The summed E-state index contributed by atoms with van der Waals surface area (Å²) >= 11 is 5.43. The maximum atomic E-state index is 5.08. The zero-order chi connectivity index (χ0) is 14.6. The molecule has 1 rings (SSSR count). The van der Waals surface area contributed by atoms with Crippen molar-refractivity contribution in [1.29, 1.82) is 0 Å². The number of methoxy groups -OCH3 is 1. The Morgan fingerprint density at radius 3 is 2.70 bits per heavy atom. The highest BCUT2D eigenvalue weighted by Crippen LogP contribution is 2.17. The van der Waals surface area contributed by atoms with Gasteiger partial charge in [-0.05, 0) is 61.4 Å². The summed E-state index contributed by atoms with van der Waals surface area (Å²) in [5.41, 5.74) is 1.43. The molecule has 0 heterocycles. The SMILES string of the molecule is COCCNCC(CCCSC)Cc1ccc(Br)cc1. The lowest BCUT2D eigenvalue weighted by Gasteiger charge is -2.18. The first kappa shape index (κ1) is 18.0. The smallest absolute Gasteiger partial charge is 0.0587 e. The minimum atomic E-state index is 0.709. The molecule has 1 aromatic carbocycles. The van der Waals surface area contributed by atoms with Crippen LogP contribution >= 0.6 is 27.7 Å². The van der Waals surface area contributed by atoms with Crippen LogP contribution in [-0.4, -0.2) is 38.8 Å².